The Bertz CT molecular complexity index is 424. The maximum absolute atomic E-state index is 6.02. The van der Waals surface area contributed by atoms with E-state index in [0.29, 0.717) is 6.10 Å². The van der Waals surface area contributed by atoms with E-state index in [4.69, 9.17) is 4.74 Å². The van der Waals surface area contributed by atoms with E-state index in [9.17, 15) is 0 Å². The molecule has 2 aliphatic rings. The summed E-state index contributed by atoms with van der Waals surface area (Å²) in [5.41, 5.74) is 0. The van der Waals surface area contributed by atoms with Gasteiger partial charge in [0.25, 0.3) is 0 Å². The van der Waals surface area contributed by atoms with Crippen molar-refractivity contribution in [3.8, 4) is 0 Å². The van der Waals surface area contributed by atoms with Crippen molar-refractivity contribution in [2.45, 2.75) is 37.0 Å². The zero-order chi connectivity index (χ0) is 12.5. The van der Waals surface area contributed by atoms with Crippen molar-refractivity contribution in [2.75, 3.05) is 24.2 Å². The highest BCUT2D eigenvalue weighted by molar-refractivity contribution is 7.98. The Morgan fingerprint density at radius 1 is 1.39 bits per heavy atom. The summed E-state index contributed by atoms with van der Waals surface area (Å²) in [6.45, 7) is 3.97. The molecule has 1 aromatic rings. The van der Waals surface area contributed by atoms with Gasteiger partial charge in [0.05, 0.1) is 12.2 Å². The van der Waals surface area contributed by atoms with E-state index in [0.717, 1.165) is 30.0 Å². The smallest absolute Gasteiger partial charge is 0.226 e. The summed E-state index contributed by atoms with van der Waals surface area (Å²) in [4.78, 5) is 11.3. The SMILES string of the molecule is CSc1ccnc(N2CC(C)OC(C3CC3)C2)n1. The molecule has 98 valence electrons. The molecule has 0 N–H and O–H groups in total. The van der Waals surface area contributed by atoms with Crippen molar-refractivity contribution in [1.82, 2.24) is 9.97 Å². The maximum Gasteiger partial charge on any atom is 0.226 e. The molecule has 3 rings (SSSR count). The first-order valence-electron chi connectivity index (χ1n) is 6.53. The normalized spacial score (nSPS) is 28.4. The Hall–Kier alpha value is -0.810. The summed E-state index contributed by atoms with van der Waals surface area (Å²) in [6, 6.07) is 1.95. The van der Waals surface area contributed by atoms with Gasteiger partial charge in [0.1, 0.15) is 5.03 Å². The lowest BCUT2D eigenvalue weighted by Gasteiger charge is -2.37. The number of aromatic nitrogens is 2. The van der Waals surface area contributed by atoms with E-state index in [1.165, 1.54) is 12.8 Å². The van der Waals surface area contributed by atoms with Crippen molar-refractivity contribution in [3.05, 3.63) is 12.3 Å². The summed E-state index contributed by atoms with van der Waals surface area (Å²) in [5.74, 6) is 1.61. The third kappa shape index (κ3) is 2.62. The first-order chi connectivity index (χ1) is 8.76. The van der Waals surface area contributed by atoms with Gasteiger partial charge in [-0.1, -0.05) is 0 Å². The molecular formula is C13H19N3OS. The second kappa shape index (κ2) is 5.05. The van der Waals surface area contributed by atoms with Crippen LogP contribution in [0.5, 0.6) is 0 Å². The molecule has 2 atom stereocenters. The molecule has 0 bridgehead atoms. The van der Waals surface area contributed by atoms with Crippen molar-refractivity contribution in [2.24, 2.45) is 5.92 Å². The molecule has 0 aromatic carbocycles. The van der Waals surface area contributed by atoms with Gasteiger partial charge < -0.3 is 9.64 Å². The quantitative estimate of drug-likeness (QED) is 0.619. The van der Waals surface area contributed by atoms with Gasteiger partial charge in [0.15, 0.2) is 0 Å². The highest BCUT2D eigenvalue weighted by Crippen LogP contribution is 2.37. The van der Waals surface area contributed by atoms with Gasteiger partial charge in [0.2, 0.25) is 5.95 Å². The minimum Gasteiger partial charge on any atom is -0.371 e. The minimum absolute atomic E-state index is 0.269. The number of hydrogen-bond acceptors (Lipinski definition) is 5. The Kier molecular flexibility index (Phi) is 3.43. The van der Waals surface area contributed by atoms with Crippen LogP contribution in [0.3, 0.4) is 0 Å². The predicted molar refractivity (Wildman–Crippen MR) is 73.1 cm³/mol. The first kappa shape index (κ1) is 12.2. The highest BCUT2D eigenvalue weighted by Gasteiger charge is 2.37. The molecule has 1 aliphatic carbocycles. The fourth-order valence-electron chi connectivity index (χ4n) is 2.48. The third-order valence-electron chi connectivity index (χ3n) is 3.54. The summed E-state index contributed by atoms with van der Waals surface area (Å²) in [5, 5.41) is 1.03. The minimum atomic E-state index is 0.269. The molecule has 5 heteroatoms. The van der Waals surface area contributed by atoms with E-state index in [2.05, 4.69) is 21.8 Å². The molecule has 2 unspecified atom stereocenters. The zero-order valence-electron chi connectivity index (χ0n) is 10.9. The molecule has 1 aliphatic heterocycles. The fraction of sp³-hybridized carbons (Fsp3) is 0.692. The van der Waals surface area contributed by atoms with Crippen LogP contribution in [0.2, 0.25) is 0 Å². The molecular weight excluding hydrogens is 246 g/mol. The van der Waals surface area contributed by atoms with Crippen LogP contribution in [0, 0.1) is 5.92 Å². The molecule has 0 amide bonds. The average molecular weight is 265 g/mol. The van der Waals surface area contributed by atoms with E-state index in [1.54, 1.807) is 11.8 Å². The number of thioether (sulfide) groups is 1. The predicted octanol–water partition coefficient (Wildman–Crippen LogP) is 2.20. The van der Waals surface area contributed by atoms with Gasteiger partial charge in [-0.15, -0.1) is 11.8 Å². The topological polar surface area (TPSA) is 38.2 Å². The lowest BCUT2D eigenvalue weighted by molar-refractivity contribution is -0.0276. The summed E-state index contributed by atoms with van der Waals surface area (Å²) < 4.78 is 6.02. The molecule has 1 saturated carbocycles. The zero-order valence-corrected chi connectivity index (χ0v) is 11.7. The lowest BCUT2D eigenvalue weighted by Crippen LogP contribution is -2.48. The number of rotatable bonds is 3. The van der Waals surface area contributed by atoms with Gasteiger partial charge in [-0.05, 0) is 38.0 Å². The van der Waals surface area contributed by atoms with E-state index in [-0.39, 0.29) is 6.10 Å². The summed E-state index contributed by atoms with van der Waals surface area (Å²) in [6.07, 6.45) is 7.16. The number of morpholine rings is 1. The summed E-state index contributed by atoms with van der Waals surface area (Å²) in [7, 11) is 0. The maximum atomic E-state index is 6.02. The molecule has 0 spiro atoms. The van der Waals surface area contributed by atoms with Crippen LogP contribution in [-0.2, 0) is 4.74 Å². The standard InChI is InChI=1S/C13H19N3OS/c1-9-7-16(8-11(17-9)10-3-4-10)13-14-6-5-12(15-13)18-2/h5-6,9-11H,3-4,7-8H2,1-2H3. The largest absolute Gasteiger partial charge is 0.371 e. The van der Waals surface area contributed by atoms with Crippen LogP contribution in [0.1, 0.15) is 19.8 Å². The molecule has 0 radical (unpaired) electrons. The van der Waals surface area contributed by atoms with Crippen LogP contribution < -0.4 is 4.90 Å². The number of nitrogens with zero attached hydrogens (tertiary/aromatic N) is 3. The average Bonchev–Trinajstić information content (AvgIpc) is 3.22. The highest BCUT2D eigenvalue weighted by atomic mass is 32.2. The van der Waals surface area contributed by atoms with Gasteiger partial charge in [-0.3, -0.25) is 0 Å². The van der Waals surface area contributed by atoms with Crippen LogP contribution >= 0.6 is 11.8 Å². The van der Waals surface area contributed by atoms with Gasteiger partial charge in [-0.2, -0.15) is 0 Å². The Labute approximate surface area is 112 Å². The first-order valence-corrected chi connectivity index (χ1v) is 7.76. The molecule has 2 fully saturated rings. The number of anilines is 1. The molecule has 18 heavy (non-hydrogen) atoms. The monoisotopic (exact) mass is 265 g/mol. The number of hydrogen-bond donors (Lipinski definition) is 0. The second-order valence-electron chi connectivity index (χ2n) is 5.13. The molecule has 4 nitrogen and oxygen atoms in total. The van der Waals surface area contributed by atoms with E-state index >= 15 is 0 Å². The van der Waals surface area contributed by atoms with Crippen LogP contribution in [-0.4, -0.2) is 41.5 Å². The Balaban J connectivity index is 1.76. The second-order valence-corrected chi connectivity index (χ2v) is 5.95. The van der Waals surface area contributed by atoms with Gasteiger partial charge in [-0.25, -0.2) is 9.97 Å². The van der Waals surface area contributed by atoms with Crippen molar-refractivity contribution in [3.63, 3.8) is 0 Å². The third-order valence-corrected chi connectivity index (χ3v) is 4.19. The van der Waals surface area contributed by atoms with Crippen molar-refractivity contribution >= 4 is 17.7 Å². The Morgan fingerprint density at radius 2 is 2.22 bits per heavy atom. The van der Waals surface area contributed by atoms with Crippen molar-refractivity contribution < 1.29 is 4.74 Å². The van der Waals surface area contributed by atoms with Crippen LogP contribution in [0.25, 0.3) is 0 Å². The molecule has 1 aromatic heterocycles. The fourth-order valence-corrected chi connectivity index (χ4v) is 2.85. The number of ether oxygens (including phenoxy) is 1. The summed E-state index contributed by atoms with van der Waals surface area (Å²) >= 11 is 1.66. The lowest BCUT2D eigenvalue weighted by atomic mass is 10.1. The van der Waals surface area contributed by atoms with E-state index < -0.39 is 0 Å². The molecule has 2 heterocycles. The Morgan fingerprint density at radius 3 is 2.94 bits per heavy atom. The van der Waals surface area contributed by atoms with Crippen LogP contribution in [0.4, 0.5) is 5.95 Å². The van der Waals surface area contributed by atoms with Crippen molar-refractivity contribution in [1.29, 1.82) is 0 Å². The van der Waals surface area contributed by atoms with Crippen LogP contribution in [0.15, 0.2) is 17.3 Å². The van der Waals surface area contributed by atoms with Gasteiger partial charge in [0, 0.05) is 19.3 Å². The molecule has 1 saturated heterocycles. The van der Waals surface area contributed by atoms with E-state index in [1.807, 2.05) is 18.5 Å². The van der Waals surface area contributed by atoms with Gasteiger partial charge >= 0.3 is 0 Å².